The number of nitrogens with zero attached hydrogens (tertiary/aromatic N) is 1. The molecule has 1 unspecified atom stereocenters. The van der Waals surface area contributed by atoms with E-state index in [0.29, 0.717) is 29.7 Å². The third-order valence-electron chi connectivity index (χ3n) is 5.23. The first-order chi connectivity index (χ1) is 15.3. The van der Waals surface area contributed by atoms with E-state index in [9.17, 15) is 15.0 Å². The maximum absolute atomic E-state index is 13.1. The highest BCUT2D eigenvalue weighted by Crippen LogP contribution is 2.31. The molecule has 2 atom stereocenters. The van der Waals surface area contributed by atoms with Crippen molar-refractivity contribution in [2.75, 3.05) is 32.2 Å². The summed E-state index contributed by atoms with van der Waals surface area (Å²) in [7, 11) is 1.58. The lowest BCUT2D eigenvalue weighted by atomic mass is 10.1. The Morgan fingerprint density at radius 3 is 2.44 bits per heavy atom. The minimum atomic E-state index is -1.04. The molecule has 0 radical (unpaired) electrons. The lowest BCUT2D eigenvalue weighted by Crippen LogP contribution is -2.42. The van der Waals surface area contributed by atoms with Crippen molar-refractivity contribution in [2.24, 2.45) is 5.92 Å². The number of anilines is 1. The highest BCUT2D eigenvalue weighted by atomic mass is 16.5. The van der Waals surface area contributed by atoms with Crippen molar-refractivity contribution in [3.05, 3.63) is 54.1 Å². The van der Waals surface area contributed by atoms with Crippen LogP contribution in [0.3, 0.4) is 0 Å². The van der Waals surface area contributed by atoms with Crippen molar-refractivity contribution in [2.45, 2.75) is 45.8 Å². The first-order valence-electron chi connectivity index (χ1n) is 11.1. The van der Waals surface area contributed by atoms with Crippen molar-refractivity contribution >= 4 is 11.7 Å². The number of methoxy groups -OCH3 is 1. The van der Waals surface area contributed by atoms with Gasteiger partial charge in [0.15, 0.2) is 11.5 Å². The van der Waals surface area contributed by atoms with Gasteiger partial charge in [0.2, 0.25) is 0 Å². The van der Waals surface area contributed by atoms with Crippen LogP contribution >= 0.6 is 0 Å². The second-order valence-electron chi connectivity index (χ2n) is 8.26. The summed E-state index contributed by atoms with van der Waals surface area (Å²) in [5.41, 5.74) is 1.48. The Hall–Kier alpha value is -2.77. The van der Waals surface area contributed by atoms with Gasteiger partial charge >= 0.3 is 6.03 Å². The topological polar surface area (TPSA) is 91.3 Å². The molecular formula is C25H36N2O5. The number of nitrogens with one attached hydrogen (secondary N) is 1. The molecule has 0 saturated carbocycles. The summed E-state index contributed by atoms with van der Waals surface area (Å²) in [4.78, 5) is 14.6. The van der Waals surface area contributed by atoms with E-state index < -0.39 is 12.7 Å². The van der Waals surface area contributed by atoms with Gasteiger partial charge in [0, 0.05) is 11.8 Å². The molecule has 2 aromatic carbocycles. The molecular weight excluding hydrogens is 408 g/mol. The number of hydrogen-bond donors (Lipinski definition) is 3. The van der Waals surface area contributed by atoms with Crippen molar-refractivity contribution < 1.29 is 24.5 Å². The Kier molecular flexibility index (Phi) is 10.3. The number of aliphatic hydroxyl groups is 2. The predicted molar refractivity (Wildman–Crippen MR) is 126 cm³/mol. The van der Waals surface area contributed by atoms with Crippen LogP contribution in [0.1, 0.15) is 45.2 Å². The molecule has 2 rings (SSSR count). The number of benzene rings is 2. The Labute approximate surface area is 191 Å². The molecule has 0 aromatic heterocycles. The summed E-state index contributed by atoms with van der Waals surface area (Å²) in [6, 6.07) is 14.1. The highest BCUT2D eigenvalue weighted by Gasteiger charge is 2.24. The van der Waals surface area contributed by atoms with E-state index in [1.807, 2.05) is 37.3 Å². The maximum Gasteiger partial charge on any atom is 0.322 e. The smallest absolute Gasteiger partial charge is 0.322 e. The van der Waals surface area contributed by atoms with Gasteiger partial charge in [-0.05, 0) is 43.4 Å². The second-order valence-corrected chi connectivity index (χ2v) is 8.26. The van der Waals surface area contributed by atoms with Crippen molar-refractivity contribution in [1.82, 2.24) is 4.90 Å². The molecule has 32 heavy (non-hydrogen) atoms. The molecule has 2 amide bonds. The van der Waals surface area contributed by atoms with Gasteiger partial charge in [-0.3, -0.25) is 0 Å². The van der Waals surface area contributed by atoms with Gasteiger partial charge in [0.05, 0.1) is 39.0 Å². The van der Waals surface area contributed by atoms with Crippen LogP contribution in [0.15, 0.2) is 48.5 Å². The van der Waals surface area contributed by atoms with Crippen LogP contribution in [0.25, 0.3) is 0 Å². The van der Waals surface area contributed by atoms with Crippen LogP contribution in [0.2, 0.25) is 0 Å². The first-order valence-corrected chi connectivity index (χ1v) is 11.1. The zero-order valence-corrected chi connectivity index (χ0v) is 19.5. The quantitative estimate of drug-likeness (QED) is 0.421. The third-order valence-corrected chi connectivity index (χ3v) is 5.23. The Balaban J connectivity index is 2.16. The number of ether oxygens (including phenoxy) is 2. The van der Waals surface area contributed by atoms with Gasteiger partial charge in [-0.15, -0.1) is 0 Å². The average Bonchev–Trinajstić information content (AvgIpc) is 2.80. The lowest BCUT2D eigenvalue weighted by Gasteiger charge is -2.31. The summed E-state index contributed by atoms with van der Waals surface area (Å²) in [6.07, 6.45) is 0.958. The van der Waals surface area contributed by atoms with Crippen LogP contribution < -0.4 is 14.8 Å². The van der Waals surface area contributed by atoms with Crippen LogP contribution in [0.4, 0.5) is 10.5 Å². The van der Waals surface area contributed by atoms with Crippen molar-refractivity contribution in [3.63, 3.8) is 0 Å². The molecule has 7 nitrogen and oxygen atoms in total. The molecule has 0 aliphatic heterocycles. The van der Waals surface area contributed by atoms with Gasteiger partial charge in [-0.1, -0.05) is 44.2 Å². The number of carbonyl (C=O) groups is 1. The normalized spacial score (nSPS) is 12.8. The molecule has 0 heterocycles. The molecule has 176 valence electrons. The minimum Gasteiger partial charge on any atom is -0.493 e. The molecule has 0 saturated heterocycles. The number of rotatable bonds is 12. The van der Waals surface area contributed by atoms with E-state index in [-0.39, 0.29) is 18.6 Å². The number of hydrogen-bond acceptors (Lipinski definition) is 5. The van der Waals surface area contributed by atoms with E-state index in [1.54, 1.807) is 25.3 Å². The number of aliphatic hydroxyl groups excluding tert-OH is 2. The Morgan fingerprint density at radius 1 is 1.09 bits per heavy atom. The van der Waals surface area contributed by atoms with Crippen molar-refractivity contribution in [3.8, 4) is 11.5 Å². The monoisotopic (exact) mass is 444 g/mol. The third kappa shape index (κ3) is 7.73. The van der Waals surface area contributed by atoms with E-state index in [0.717, 1.165) is 18.4 Å². The predicted octanol–water partition coefficient (Wildman–Crippen LogP) is 4.46. The van der Waals surface area contributed by atoms with Gasteiger partial charge in [-0.2, -0.15) is 0 Å². The summed E-state index contributed by atoms with van der Waals surface area (Å²) >= 11 is 0. The molecule has 0 spiro atoms. The summed E-state index contributed by atoms with van der Waals surface area (Å²) in [6.45, 7) is 6.36. The number of amides is 2. The van der Waals surface area contributed by atoms with Gasteiger partial charge in [0.25, 0.3) is 0 Å². The molecule has 3 N–H and O–H groups in total. The molecule has 0 aliphatic carbocycles. The van der Waals surface area contributed by atoms with Gasteiger partial charge < -0.3 is 29.9 Å². The summed E-state index contributed by atoms with van der Waals surface area (Å²) in [5.74, 6) is 1.77. The van der Waals surface area contributed by atoms with Crippen LogP contribution in [-0.4, -0.2) is 54.1 Å². The fourth-order valence-corrected chi connectivity index (χ4v) is 3.35. The SMILES string of the molecule is COc1ccc(NC(=O)N(CC(O)CO)[C@@H](C)c2ccccc2)cc1OCCCC(C)C. The molecule has 0 aliphatic rings. The highest BCUT2D eigenvalue weighted by molar-refractivity contribution is 5.90. The van der Waals surface area contributed by atoms with Gasteiger partial charge in [0.1, 0.15) is 0 Å². The number of carbonyl (C=O) groups excluding carboxylic acids is 1. The standard InChI is InChI=1S/C25H36N2O5/c1-18(2)9-8-14-32-24-15-21(12-13-23(24)31-4)26-25(30)27(16-22(29)17-28)19(3)20-10-6-5-7-11-20/h5-7,10-13,15,18-19,22,28-29H,8-9,14,16-17H2,1-4H3,(H,26,30)/t19-,22?/m0/s1. The zero-order chi connectivity index (χ0) is 23.5. The molecule has 0 bridgehead atoms. The lowest BCUT2D eigenvalue weighted by molar-refractivity contribution is 0.0609. The fourth-order valence-electron chi connectivity index (χ4n) is 3.35. The maximum atomic E-state index is 13.1. The van der Waals surface area contributed by atoms with Crippen molar-refractivity contribution in [1.29, 1.82) is 0 Å². The zero-order valence-electron chi connectivity index (χ0n) is 19.5. The van der Waals surface area contributed by atoms with E-state index in [2.05, 4.69) is 19.2 Å². The summed E-state index contributed by atoms with van der Waals surface area (Å²) < 4.78 is 11.3. The Morgan fingerprint density at radius 2 is 1.81 bits per heavy atom. The molecule has 2 aromatic rings. The molecule has 7 heteroatoms. The van der Waals surface area contributed by atoms with Crippen LogP contribution in [0, 0.1) is 5.92 Å². The second kappa shape index (κ2) is 12.9. The van der Waals surface area contributed by atoms with Gasteiger partial charge in [-0.25, -0.2) is 4.79 Å². The molecule has 0 fully saturated rings. The van der Waals surface area contributed by atoms with E-state index in [1.165, 1.54) is 4.90 Å². The first kappa shape index (κ1) is 25.5. The summed E-state index contributed by atoms with van der Waals surface area (Å²) in [5, 5.41) is 22.2. The largest absolute Gasteiger partial charge is 0.493 e. The Bertz CT molecular complexity index is 828. The van der Waals surface area contributed by atoms with E-state index in [4.69, 9.17) is 9.47 Å². The van der Waals surface area contributed by atoms with Crippen LogP contribution in [-0.2, 0) is 0 Å². The average molecular weight is 445 g/mol. The van der Waals surface area contributed by atoms with Crippen LogP contribution in [0.5, 0.6) is 11.5 Å². The minimum absolute atomic E-state index is 0.00684. The fraction of sp³-hybridized carbons (Fsp3) is 0.480. The van der Waals surface area contributed by atoms with E-state index >= 15 is 0 Å². The number of urea groups is 1.